The Labute approximate surface area is 177 Å². The normalized spacial score (nSPS) is 24.0. The SMILES string of the molecule is Cc1ccc(CN2C3CCC2C(Cc2ccc4[nH]ncc4c2)C3)cc1NS(C)(=O)=O. The monoisotopic (exact) mass is 424 g/mol. The number of aromatic amines is 1. The van der Waals surface area contributed by atoms with Gasteiger partial charge in [-0.15, -0.1) is 0 Å². The Balaban J connectivity index is 1.31. The lowest BCUT2D eigenvalue weighted by Crippen LogP contribution is -2.30. The first-order valence-electron chi connectivity index (χ1n) is 10.6. The van der Waals surface area contributed by atoms with Crippen LogP contribution in [0.5, 0.6) is 0 Å². The molecule has 2 aliphatic rings. The van der Waals surface area contributed by atoms with Crippen molar-refractivity contribution >= 4 is 26.6 Å². The highest BCUT2D eigenvalue weighted by Crippen LogP contribution is 2.44. The number of benzene rings is 2. The molecule has 2 saturated heterocycles. The molecule has 2 fully saturated rings. The summed E-state index contributed by atoms with van der Waals surface area (Å²) in [7, 11) is -3.28. The van der Waals surface area contributed by atoms with Crippen molar-refractivity contribution in [3.05, 3.63) is 59.3 Å². The van der Waals surface area contributed by atoms with E-state index in [4.69, 9.17) is 0 Å². The Morgan fingerprint density at radius 3 is 2.83 bits per heavy atom. The Hall–Kier alpha value is -2.38. The molecule has 3 aromatic rings. The number of H-pyrrole nitrogens is 1. The topological polar surface area (TPSA) is 78.1 Å². The molecular weight excluding hydrogens is 396 g/mol. The average molecular weight is 425 g/mol. The van der Waals surface area contributed by atoms with Gasteiger partial charge in [0.05, 0.1) is 23.7 Å². The molecule has 6 nitrogen and oxygen atoms in total. The summed E-state index contributed by atoms with van der Waals surface area (Å²) in [6, 6.07) is 14.0. The van der Waals surface area contributed by atoms with Crippen LogP contribution in [0, 0.1) is 12.8 Å². The van der Waals surface area contributed by atoms with Gasteiger partial charge in [-0.05, 0) is 73.4 Å². The Bertz CT molecular complexity index is 1190. The number of hydrogen-bond acceptors (Lipinski definition) is 4. The number of anilines is 1. The van der Waals surface area contributed by atoms with Crippen LogP contribution in [-0.2, 0) is 23.0 Å². The summed E-state index contributed by atoms with van der Waals surface area (Å²) in [5, 5.41) is 8.33. The van der Waals surface area contributed by atoms with Gasteiger partial charge in [-0.1, -0.05) is 18.2 Å². The van der Waals surface area contributed by atoms with Crippen molar-refractivity contribution < 1.29 is 8.42 Å². The molecule has 0 aliphatic carbocycles. The molecule has 7 heteroatoms. The van der Waals surface area contributed by atoms with Gasteiger partial charge in [0.25, 0.3) is 0 Å². The Morgan fingerprint density at radius 1 is 1.17 bits per heavy atom. The minimum absolute atomic E-state index is 0.600. The molecule has 0 spiro atoms. The molecule has 2 N–H and O–H groups in total. The summed E-state index contributed by atoms with van der Waals surface area (Å²) in [6.07, 6.45) is 7.96. The summed E-state index contributed by atoms with van der Waals surface area (Å²) in [5.74, 6) is 0.673. The van der Waals surface area contributed by atoms with Gasteiger partial charge < -0.3 is 0 Å². The number of aryl methyl sites for hydroxylation is 1. The lowest BCUT2D eigenvalue weighted by molar-refractivity contribution is 0.227. The molecule has 3 unspecified atom stereocenters. The maximum Gasteiger partial charge on any atom is 0.229 e. The number of nitrogens with zero attached hydrogens (tertiary/aromatic N) is 2. The van der Waals surface area contributed by atoms with Crippen LogP contribution in [0.25, 0.3) is 10.9 Å². The molecule has 1 aromatic heterocycles. The number of sulfonamides is 1. The minimum atomic E-state index is -3.28. The summed E-state index contributed by atoms with van der Waals surface area (Å²) >= 11 is 0. The lowest BCUT2D eigenvalue weighted by atomic mass is 9.84. The second kappa shape index (κ2) is 7.39. The first-order chi connectivity index (χ1) is 14.4. The summed E-state index contributed by atoms with van der Waals surface area (Å²) < 4.78 is 26.0. The van der Waals surface area contributed by atoms with E-state index in [0.29, 0.717) is 23.7 Å². The van der Waals surface area contributed by atoms with Gasteiger partial charge >= 0.3 is 0 Å². The van der Waals surface area contributed by atoms with E-state index in [1.165, 1.54) is 42.0 Å². The molecule has 3 atom stereocenters. The summed E-state index contributed by atoms with van der Waals surface area (Å²) in [5.41, 5.74) is 5.28. The fourth-order valence-electron chi connectivity index (χ4n) is 5.41. The lowest BCUT2D eigenvalue weighted by Gasteiger charge is -2.25. The molecule has 0 saturated carbocycles. The molecule has 0 radical (unpaired) electrons. The zero-order chi connectivity index (χ0) is 20.9. The zero-order valence-corrected chi connectivity index (χ0v) is 18.2. The summed E-state index contributed by atoms with van der Waals surface area (Å²) in [6.45, 7) is 2.81. The van der Waals surface area contributed by atoms with Crippen molar-refractivity contribution in [2.45, 2.75) is 51.2 Å². The van der Waals surface area contributed by atoms with E-state index < -0.39 is 10.0 Å². The third-order valence-corrected chi connectivity index (χ3v) is 7.37. The molecule has 0 amide bonds. The molecule has 2 bridgehead atoms. The van der Waals surface area contributed by atoms with Crippen molar-refractivity contribution in [3.8, 4) is 0 Å². The third kappa shape index (κ3) is 3.84. The quantitative estimate of drug-likeness (QED) is 0.630. The van der Waals surface area contributed by atoms with Crippen molar-refractivity contribution in [1.29, 1.82) is 0 Å². The highest BCUT2D eigenvalue weighted by Gasteiger charge is 2.45. The largest absolute Gasteiger partial charge is 0.293 e. The van der Waals surface area contributed by atoms with E-state index in [2.05, 4.69) is 44.1 Å². The molecule has 158 valence electrons. The predicted molar refractivity (Wildman–Crippen MR) is 120 cm³/mol. The van der Waals surface area contributed by atoms with Gasteiger partial charge in [0, 0.05) is 24.0 Å². The van der Waals surface area contributed by atoms with Gasteiger partial charge in [-0.2, -0.15) is 5.10 Å². The molecule has 3 heterocycles. The van der Waals surface area contributed by atoms with Gasteiger partial charge in [0.15, 0.2) is 0 Å². The third-order valence-electron chi connectivity index (χ3n) is 6.77. The zero-order valence-electron chi connectivity index (χ0n) is 17.4. The maximum absolute atomic E-state index is 11.7. The molecular formula is C23H28N4O2S. The second-order valence-corrected chi connectivity index (χ2v) is 10.7. The van der Waals surface area contributed by atoms with Crippen LogP contribution in [-0.4, -0.2) is 41.9 Å². The van der Waals surface area contributed by atoms with Crippen LogP contribution < -0.4 is 4.72 Å². The van der Waals surface area contributed by atoms with E-state index in [9.17, 15) is 8.42 Å². The van der Waals surface area contributed by atoms with Crippen LogP contribution in [0.4, 0.5) is 5.69 Å². The fraction of sp³-hybridized carbons (Fsp3) is 0.435. The van der Waals surface area contributed by atoms with E-state index >= 15 is 0 Å². The highest BCUT2D eigenvalue weighted by molar-refractivity contribution is 7.92. The Kier molecular flexibility index (Phi) is 4.82. The number of nitrogens with one attached hydrogen (secondary N) is 2. The van der Waals surface area contributed by atoms with E-state index in [1.807, 2.05) is 25.3 Å². The van der Waals surface area contributed by atoms with E-state index in [0.717, 1.165) is 24.0 Å². The van der Waals surface area contributed by atoms with Crippen molar-refractivity contribution in [2.24, 2.45) is 5.92 Å². The number of fused-ring (bicyclic) bond motifs is 3. The van der Waals surface area contributed by atoms with Gasteiger partial charge in [0.1, 0.15) is 0 Å². The van der Waals surface area contributed by atoms with Crippen LogP contribution in [0.15, 0.2) is 42.6 Å². The van der Waals surface area contributed by atoms with Crippen LogP contribution in [0.1, 0.15) is 36.0 Å². The first kappa shape index (κ1) is 19.6. The average Bonchev–Trinajstić information content (AvgIpc) is 3.38. The van der Waals surface area contributed by atoms with Crippen molar-refractivity contribution in [3.63, 3.8) is 0 Å². The Morgan fingerprint density at radius 2 is 2.00 bits per heavy atom. The van der Waals surface area contributed by atoms with Gasteiger partial charge in [0.2, 0.25) is 10.0 Å². The van der Waals surface area contributed by atoms with E-state index in [1.54, 1.807) is 0 Å². The van der Waals surface area contributed by atoms with Crippen molar-refractivity contribution in [1.82, 2.24) is 15.1 Å². The predicted octanol–water partition coefficient (Wildman–Crippen LogP) is 3.84. The standard InChI is InChI=1S/C23H28N4O2S/c1-15-3-4-17(11-22(15)26-30(2,28)29)14-27-20-6-8-23(27)18(12-20)9-16-5-7-21-19(10-16)13-24-25-21/h3-5,7,10-11,13,18,20,23,26H,6,8-9,12,14H2,1-2H3,(H,24,25). The molecule has 2 aliphatic heterocycles. The van der Waals surface area contributed by atoms with Gasteiger partial charge in [-0.25, -0.2) is 8.42 Å². The first-order valence-corrected chi connectivity index (χ1v) is 12.5. The van der Waals surface area contributed by atoms with Crippen LogP contribution >= 0.6 is 0 Å². The number of aromatic nitrogens is 2. The second-order valence-electron chi connectivity index (χ2n) is 8.99. The number of hydrogen-bond donors (Lipinski definition) is 2. The highest BCUT2D eigenvalue weighted by atomic mass is 32.2. The van der Waals surface area contributed by atoms with Gasteiger partial charge in [-0.3, -0.25) is 14.7 Å². The fourth-order valence-corrected chi connectivity index (χ4v) is 6.03. The molecule has 30 heavy (non-hydrogen) atoms. The number of rotatable bonds is 6. The maximum atomic E-state index is 11.7. The minimum Gasteiger partial charge on any atom is -0.293 e. The molecule has 5 rings (SSSR count). The molecule has 2 aromatic carbocycles. The van der Waals surface area contributed by atoms with Crippen molar-refractivity contribution in [2.75, 3.05) is 11.0 Å². The van der Waals surface area contributed by atoms with Crippen LogP contribution in [0.3, 0.4) is 0 Å². The van der Waals surface area contributed by atoms with E-state index in [-0.39, 0.29) is 0 Å². The smallest absolute Gasteiger partial charge is 0.229 e. The summed E-state index contributed by atoms with van der Waals surface area (Å²) in [4.78, 5) is 2.65. The van der Waals surface area contributed by atoms with Crippen LogP contribution in [0.2, 0.25) is 0 Å².